The summed E-state index contributed by atoms with van der Waals surface area (Å²) in [4.78, 5) is 10.9. The normalized spacial score (nSPS) is 25.7. The highest BCUT2D eigenvalue weighted by molar-refractivity contribution is 5.59. The standard InChI is InChI=1S/C14H22O/c1-12(2)5-4-6-13-7-9-14(3,11-15)10-8-13/h5,7,11H,4,6,8-10H2,1-3H3/t14-/m0/s1. The highest BCUT2D eigenvalue weighted by Gasteiger charge is 2.25. The van der Waals surface area contributed by atoms with Crippen molar-refractivity contribution in [2.75, 3.05) is 0 Å². The third-order valence-electron chi connectivity index (χ3n) is 3.18. The molecule has 1 aliphatic rings. The van der Waals surface area contributed by atoms with Gasteiger partial charge in [-0.2, -0.15) is 0 Å². The summed E-state index contributed by atoms with van der Waals surface area (Å²) in [7, 11) is 0. The van der Waals surface area contributed by atoms with Gasteiger partial charge in [0.05, 0.1) is 0 Å². The van der Waals surface area contributed by atoms with Crippen LogP contribution >= 0.6 is 0 Å². The molecule has 0 N–H and O–H groups in total. The van der Waals surface area contributed by atoms with Crippen molar-refractivity contribution in [3.05, 3.63) is 23.3 Å². The Morgan fingerprint density at radius 1 is 1.53 bits per heavy atom. The summed E-state index contributed by atoms with van der Waals surface area (Å²) in [5.74, 6) is 0. The van der Waals surface area contributed by atoms with Gasteiger partial charge in [0.25, 0.3) is 0 Å². The Labute approximate surface area is 93.3 Å². The summed E-state index contributed by atoms with van der Waals surface area (Å²) in [5.41, 5.74) is 2.84. The molecule has 0 heterocycles. The van der Waals surface area contributed by atoms with Crippen LogP contribution in [-0.4, -0.2) is 6.29 Å². The second-order valence-electron chi connectivity index (χ2n) is 5.16. The van der Waals surface area contributed by atoms with Gasteiger partial charge in [-0.1, -0.05) is 30.2 Å². The van der Waals surface area contributed by atoms with Crippen LogP contribution in [0.15, 0.2) is 23.3 Å². The number of allylic oxidation sites excluding steroid dienone is 4. The molecule has 0 radical (unpaired) electrons. The van der Waals surface area contributed by atoms with Crippen molar-refractivity contribution in [2.24, 2.45) is 5.41 Å². The molecule has 0 saturated carbocycles. The minimum absolute atomic E-state index is 0.0833. The molecule has 1 atom stereocenters. The van der Waals surface area contributed by atoms with Crippen LogP contribution in [0, 0.1) is 5.41 Å². The zero-order valence-corrected chi connectivity index (χ0v) is 10.2. The lowest BCUT2D eigenvalue weighted by molar-refractivity contribution is -0.115. The van der Waals surface area contributed by atoms with Crippen molar-refractivity contribution in [2.45, 2.75) is 52.9 Å². The highest BCUT2D eigenvalue weighted by atomic mass is 16.1. The van der Waals surface area contributed by atoms with Crippen LogP contribution in [0.25, 0.3) is 0 Å². The molecule has 0 saturated heterocycles. The highest BCUT2D eigenvalue weighted by Crippen LogP contribution is 2.34. The van der Waals surface area contributed by atoms with E-state index in [0.717, 1.165) is 32.0 Å². The van der Waals surface area contributed by atoms with Crippen molar-refractivity contribution in [1.82, 2.24) is 0 Å². The maximum Gasteiger partial charge on any atom is 0.126 e. The smallest absolute Gasteiger partial charge is 0.126 e. The first kappa shape index (κ1) is 12.2. The van der Waals surface area contributed by atoms with Crippen molar-refractivity contribution in [1.29, 1.82) is 0 Å². The fourth-order valence-electron chi connectivity index (χ4n) is 1.91. The molecule has 0 aliphatic heterocycles. The molecule has 1 nitrogen and oxygen atoms in total. The molecule has 84 valence electrons. The van der Waals surface area contributed by atoms with Crippen LogP contribution in [0.3, 0.4) is 0 Å². The summed E-state index contributed by atoms with van der Waals surface area (Å²) >= 11 is 0. The molecular formula is C14H22O. The number of carbonyl (C=O) groups excluding carboxylic acids is 1. The maximum atomic E-state index is 10.9. The molecule has 0 fully saturated rings. The lowest BCUT2D eigenvalue weighted by Gasteiger charge is -2.27. The third-order valence-corrected chi connectivity index (χ3v) is 3.18. The summed E-state index contributed by atoms with van der Waals surface area (Å²) < 4.78 is 0. The Hall–Kier alpha value is -0.850. The zero-order valence-electron chi connectivity index (χ0n) is 10.2. The summed E-state index contributed by atoms with van der Waals surface area (Å²) in [6.45, 7) is 6.33. The lowest BCUT2D eigenvalue weighted by atomic mass is 9.77. The van der Waals surface area contributed by atoms with E-state index in [1.807, 2.05) is 0 Å². The van der Waals surface area contributed by atoms with Crippen LogP contribution in [0.2, 0.25) is 0 Å². The monoisotopic (exact) mass is 206 g/mol. The first-order valence-electron chi connectivity index (χ1n) is 5.83. The average molecular weight is 206 g/mol. The van der Waals surface area contributed by atoms with Gasteiger partial charge >= 0.3 is 0 Å². The Bertz CT molecular complexity index is 282. The fraction of sp³-hybridized carbons (Fsp3) is 0.643. The number of rotatable bonds is 4. The van der Waals surface area contributed by atoms with Gasteiger partial charge < -0.3 is 4.79 Å². The van der Waals surface area contributed by atoms with Gasteiger partial charge in [0, 0.05) is 5.41 Å². The molecule has 1 rings (SSSR count). The van der Waals surface area contributed by atoms with Crippen LogP contribution < -0.4 is 0 Å². The molecule has 0 aromatic heterocycles. The predicted octanol–water partition coefficient (Wildman–Crippen LogP) is 4.05. The molecule has 0 amide bonds. The van der Waals surface area contributed by atoms with Crippen LogP contribution in [0.5, 0.6) is 0 Å². The molecule has 0 aromatic carbocycles. The minimum atomic E-state index is -0.0833. The van der Waals surface area contributed by atoms with E-state index in [-0.39, 0.29) is 5.41 Å². The summed E-state index contributed by atoms with van der Waals surface area (Å²) in [5, 5.41) is 0. The number of aldehydes is 1. The van der Waals surface area contributed by atoms with E-state index < -0.39 is 0 Å². The predicted molar refractivity (Wildman–Crippen MR) is 64.8 cm³/mol. The average Bonchev–Trinajstić information content (AvgIpc) is 2.21. The second-order valence-corrected chi connectivity index (χ2v) is 5.16. The Morgan fingerprint density at radius 2 is 2.27 bits per heavy atom. The van der Waals surface area contributed by atoms with Crippen LogP contribution in [0.4, 0.5) is 0 Å². The summed E-state index contributed by atoms with van der Waals surface area (Å²) in [6.07, 6.45) is 11.1. The zero-order chi connectivity index (χ0) is 11.3. The quantitative estimate of drug-likeness (QED) is 0.501. The van der Waals surface area contributed by atoms with Crippen LogP contribution in [0.1, 0.15) is 52.9 Å². The van der Waals surface area contributed by atoms with Crippen LogP contribution in [-0.2, 0) is 4.79 Å². The van der Waals surface area contributed by atoms with Gasteiger partial charge in [-0.15, -0.1) is 0 Å². The molecule has 0 spiro atoms. The van der Waals surface area contributed by atoms with E-state index in [1.54, 1.807) is 0 Å². The number of hydrogen-bond acceptors (Lipinski definition) is 1. The third kappa shape index (κ3) is 4.03. The SMILES string of the molecule is CC(C)=CCCC1=CC[C@](C)(C=O)CC1. The van der Waals surface area contributed by atoms with E-state index in [0.29, 0.717) is 0 Å². The van der Waals surface area contributed by atoms with Gasteiger partial charge in [0.2, 0.25) is 0 Å². The molecular weight excluding hydrogens is 184 g/mol. The van der Waals surface area contributed by atoms with Crippen molar-refractivity contribution < 1.29 is 4.79 Å². The van der Waals surface area contributed by atoms with E-state index in [2.05, 4.69) is 32.9 Å². The maximum absolute atomic E-state index is 10.9. The Kier molecular flexibility index (Phi) is 4.31. The molecule has 15 heavy (non-hydrogen) atoms. The number of carbonyl (C=O) groups is 1. The van der Waals surface area contributed by atoms with E-state index >= 15 is 0 Å². The minimum Gasteiger partial charge on any atom is -0.303 e. The first-order valence-corrected chi connectivity index (χ1v) is 5.83. The van der Waals surface area contributed by atoms with E-state index in [9.17, 15) is 4.79 Å². The molecule has 0 aromatic rings. The van der Waals surface area contributed by atoms with Gasteiger partial charge in [0.1, 0.15) is 6.29 Å². The second kappa shape index (κ2) is 5.29. The van der Waals surface area contributed by atoms with Gasteiger partial charge in [-0.25, -0.2) is 0 Å². The van der Waals surface area contributed by atoms with Gasteiger partial charge in [-0.3, -0.25) is 0 Å². The van der Waals surface area contributed by atoms with E-state index in [1.165, 1.54) is 17.6 Å². The first-order chi connectivity index (χ1) is 7.06. The van der Waals surface area contributed by atoms with Crippen molar-refractivity contribution in [3.8, 4) is 0 Å². The molecule has 1 heteroatoms. The largest absolute Gasteiger partial charge is 0.303 e. The van der Waals surface area contributed by atoms with E-state index in [4.69, 9.17) is 0 Å². The Morgan fingerprint density at radius 3 is 2.73 bits per heavy atom. The van der Waals surface area contributed by atoms with Crippen molar-refractivity contribution in [3.63, 3.8) is 0 Å². The number of hydrogen-bond donors (Lipinski definition) is 0. The summed E-state index contributed by atoms with van der Waals surface area (Å²) in [6, 6.07) is 0. The van der Waals surface area contributed by atoms with Gasteiger partial charge in [0.15, 0.2) is 0 Å². The molecule has 0 bridgehead atoms. The lowest BCUT2D eigenvalue weighted by Crippen LogP contribution is -2.20. The Balaban J connectivity index is 2.41. The fourth-order valence-corrected chi connectivity index (χ4v) is 1.91. The molecule has 0 unspecified atom stereocenters. The van der Waals surface area contributed by atoms with Crippen molar-refractivity contribution >= 4 is 6.29 Å². The van der Waals surface area contributed by atoms with Gasteiger partial charge in [-0.05, 0) is 46.0 Å². The topological polar surface area (TPSA) is 17.1 Å². The molecule has 1 aliphatic carbocycles.